The van der Waals surface area contributed by atoms with Crippen LogP contribution in [0.25, 0.3) is 0 Å². The van der Waals surface area contributed by atoms with Gasteiger partial charge in [0, 0.05) is 12.1 Å². The van der Waals surface area contributed by atoms with Crippen LogP contribution in [0.4, 0.5) is 10.1 Å². The zero-order valence-corrected chi connectivity index (χ0v) is 14.6. The third-order valence-electron chi connectivity index (χ3n) is 3.49. The molecule has 0 saturated heterocycles. The molecule has 0 aromatic heterocycles. The molecule has 2 rings (SSSR count). The molecule has 5 nitrogen and oxygen atoms in total. The zero-order chi connectivity index (χ0) is 17.7. The molecule has 0 amide bonds. The van der Waals surface area contributed by atoms with Gasteiger partial charge in [0.15, 0.2) is 17.3 Å². The lowest BCUT2D eigenvalue weighted by atomic mass is 10.1. The topological polar surface area (TPSA) is 64.6 Å². The maximum atomic E-state index is 14.1. The Morgan fingerprint density at radius 1 is 1.04 bits per heavy atom. The Morgan fingerprint density at radius 3 is 2.17 bits per heavy atom. The van der Waals surface area contributed by atoms with Crippen molar-refractivity contribution >= 4 is 15.7 Å². The Morgan fingerprint density at radius 2 is 1.62 bits per heavy atom. The Balaban J connectivity index is 2.31. The summed E-state index contributed by atoms with van der Waals surface area (Å²) in [5.41, 5.74) is 0.846. The van der Waals surface area contributed by atoms with Crippen molar-refractivity contribution in [1.82, 2.24) is 0 Å². The van der Waals surface area contributed by atoms with Gasteiger partial charge in [-0.15, -0.1) is 0 Å². The van der Waals surface area contributed by atoms with Gasteiger partial charge >= 0.3 is 0 Å². The quantitative estimate of drug-likeness (QED) is 0.826. The highest BCUT2D eigenvalue weighted by Crippen LogP contribution is 2.33. The molecule has 0 aliphatic carbocycles. The van der Waals surface area contributed by atoms with E-state index < -0.39 is 15.8 Å². The highest BCUT2D eigenvalue weighted by atomic mass is 32.2. The second-order valence-electron chi connectivity index (χ2n) is 5.19. The smallest absolute Gasteiger partial charge is 0.261 e. The number of methoxy groups -OCH3 is 2. The lowest BCUT2D eigenvalue weighted by molar-refractivity contribution is 0.353. The molecule has 1 N–H and O–H groups in total. The third-order valence-corrected chi connectivity index (χ3v) is 4.87. The van der Waals surface area contributed by atoms with Crippen molar-refractivity contribution in [2.24, 2.45) is 0 Å². The molecule has 0 radical (unpaired) electrons. The van der Waals surface area contributed by atoms with E-state index in [1.165, 1.54) is 32.4 Å². The summed E-state index contributed by atoms with van der Waals surface area (Å²) < 4.78 is 51.2. The zero-order valence-electron chi connectivity index (χ0n) is 13.8. The molecule has 0 bridgehead atoms. The van der Waals surface area contributed by atoms with Crippen molar-refractivity contribution in [3.63, 3.8) is 0 Å². The van der Waals surface area contributed by atoms with Gasteiger partial charge in [0.2, 0.25) is 0 Å². The molecule has 0 fully saturated rings. The average molecular weight is 353 g/mol. The number of sulfonamides is 1. The maximum absolute atomic E-state index is 14.1. The number of nitrogens with one attached hydrogen (secondary N) is 1. The number of hydrogen-bond donors (Lipinski definition) is 1. The van der Waals surface area contributed by atoms with Gasteiger partial charge in [0.1, 0.15) is 0 Å². The van der Waals surface area contributed by atoms with Crippen molar-refractivity contribution < 1.29 is 22.3 Å². The first-order chi connectivity index (χ1) is 11.4. The largest absolute Gasteiger partial charge is 0.493 e. The molecule has 7 heteroatoms. The first kappa shape index (κ1) is 18.1. The fraction of sp³-hybridized carbons (Fsp3) is 0.294. The lowest BCUT2D eigenvalue weighted by Crippen LogP contribution is -2.14. The van der Waals surface area contributed by atoms with Crippen LogP contribution in [0.2, 0.25) is 0 Å². The summed E-state index contributed by atoms with van der Waals surface area (Å²) in [5.74, 6) is -0.337. The summed E-state index contributed by atoms with van der Waals surface area (Å²) in [6, 6.07) is 8.84. The maximum Gasteiger partial charge on any atom is 0.261 e. The highest BCUT2D eigenvalue weighted by Gasteiger charge is 2.19. The standard InChI is InChI=1S/C17H20FNO4S/c1-4-5-12-6-8-13(9-7-12)24(20,21)19-15-11-17(23-3)16(22-2)10-14(15)18/h6-11,19H,4-5H2,1-3H3. The summed E-state index contributed by atoms with van der Waals surface area (Å²) in [6.07, 6.45) is 1.85. The number of hydrogen-bond acceptors (Lipinski definition) is 4. The van der Waals surface area contributed by atoms with Crippen LogP contribution >= 0.6 is 0 Å². The number of benzene rings is 2. The number of rotatable bonds is 7. The van der Waals surface area contributed by atoms with E-state index in [9.17, 15) is 12.8 Å². The van der Waals surface area contributed by atoms with Crippen LogP contribution in [0, 0.1) is 5.82 Å². The highest BCUT2D eigenvalue weighted by molar-refractivity contribution is 7.92. The minimum absolute atomic E-state index is 0.0662. The normalized spacial score (nSPS) is 11.2. The summed E-state index contributed by atoms with van der Waals surface area (Å²) in [7, 11) is -1.14. The monoisotopic (exact) mass is 353 g/mol. The van der Waals surface area contributed by atoms with E-state index in [-0.39, 0.29) is 22.1 Å². The number of ether oxygens (including phenoxy) is 2. The average Bonchev–Trinajstić information content (AvgIpc) is 2.57. The van der Waals surface area contributed by atoms with Crippen LogP contribution in [-0.2, 0) is 16.4 Å². The van der Waals surface area contributed by atoms with Gasteiger partial charge in [-0.05, 0) is 24.1 Å². The summed E-state index contributed by atoms with van der Waals surface area (Å²) in [4.78, 5) is 0.0662. The molecule has 2 aromatic rings. The van der Waals surface area contributed by atoms with Crippen molar-refractivity contribution in [3.05, 3.63) is 47.8 Å². The molecule has 130 valence electrons. The molecular formula is C17H20FNO4S. The summed E-state index contributed by atoms with van der Waals surface area (Å²) in [6.45, 7) is 2.05. The lowest BCUT2D eigenvalue weighted by Gasteiger charge is -2.13. The predicted octanol–water partition coefficient (Wildman–Crippen LogP) is 3.60. The minimum Gasteiger partial charge on any atom is -0.493 e. The van der Waals surface area contributed by atoms with Crippen LogP contribution < -0.4 is 14.2 Å². The predicted molar refractivity (Wildman–Crippen MR) is 90.7 cm³/mol. The Labute approximate surface area is 141 Å². The van der Waals surface area contributed by atoms with Gasteiger partial charge in [-0.25, -0.2) is 12.8 Å². The fourth-order valence-electron chi connectivity index (χ4n) is 2.26. The SMILES string of the molecule is CCCc1ccc(S(=O)(=O)Nc2cc(OC)c(OC)cc2F)cc1. The second-order valence-corrected chi connectivity index (χ2v) is 6.87. The molecule has 0 spiro atoms. The molecule has 0 atom stereocenters. The Kier molecular flexibility index (Phi) is 5.66. The molecular weight excluding hydrogens is 333 g/mol. The van der Waals surface area contributed by atoms with Crippen LogP contribution in [0.1, 0.15) is 18.9 Å². The van der Waals surface area contributed by atoms with Crippen LogP contribution in [0.5, 0.6) is 11.5 Å². The summed E-state index contributed by atoms with van der Waals surface area (Å²) >= 11 is 0. The Bertz CT molecular complexity index is 804. The van der Waals surface area contributed by atoms with Crippen molar-refractivity contribution in [1.29, 1.82) is 0 Å². The number of halogens is 1. The van der Waals surface area contributed by atoms with E-state index in [4.69, 9.17) is 9.47 Å². The first-order valence-corrected chi connectivity index (χ1v) is 8.93. The fourth-order valence-corrected chi connectivity index (χ4v) is 3.32. The Hall–Kier alpha value is -2.28. The summed E-state index contributed by atoms with van der Waals surface area (Å²) in [5, 5.41) is 0. The number of aryl methyl sites for hydroxylation is 1. The molecule has 0 aliphatic heterocycles. The molecule has 0 saturated carbocycles. The number of anilines is 1. The van der Waals surface area contributed by atoms with Crippen molar-refractivity contribution in [2.45, 2.75) is 24.7 Å². The van der Waals surface area contributed by atoms with Gasteiger partial charge in [-0.1, -0.05) is 25.5 Å². The van der Waals surface area contributed by atoms with E-state index in [0.717, 1.165) is 24.5 Å². The molecule has 0 aliphatic rings. The second kappa shape index (κ2) is 7.53. The van der Waals surface area contributed by atoms with Crippen molar-refractivity contribution in [2.75, 3.05) is 18.9 Å². The molecule has 0 heterocycles. The van der Waals surface area contributed by atoms with E-state index in [1.807, 2.05) is 6.92 Å². The van der Waals surface area contributed by atoms with Crippen LogP contribution in [-0.4, -0.2) is 22.6 Å². The third kappa shape index (κ3) is 3.97. The van der Waals surface area contributed by atoms with E-state index in [1.54, 1.807) is 12.1 Å². The molecule has 24 heavy (non-hydrogen) atoms. The van der Waals surface area contributed by atoms with Gasteiger partial charge in [0.25, 0.3) is 10.0 Å². The van der Waals surface area contributed by atoms with Gasteiger partial charge in [-0.2, -0.15) is 0 Å². The van der Waals surface area contributed by atoms with Gasteiger partial charge < -0.3 is 9.47 Å². The van der Waals surface area contributed by atoms with Gasteiger partial charge in [0.05, 0.1) is 24.8 Å². The van der Waals surface area contributed by atoms with E-state index >= 15 is 0 Å². The van der Waals surface area contributed by atoms with Crippen LogP contribution in [0.3, 0.4) is 0 Å². The molecule has 2 aromatic carbocycles. The molecule has 0 unspecified atom stereocenters. The van der Waals surface area contributed by atoms with E-state index in [2.05, 4.69) is 4.72 Å². The van der Waals surface area contributed by atoms with Crippen molar-refractivity contribution in [3.8, 4) is 11.5 Å². The minimum atomic E-state index is -3.90. The van der Waals surface area contributed by atoms with Crippen LogP contribution in [0.15, 0.2) is 41.3 Å². The van der Waals surface area contributed by atoms with Gasteiger partial charge in [-0.3, -0.25) is 4.72 Å². The van der Waals surface area contributed by atoms with E-state index in [0.29, 0.717) is 0 Å². The first-order valence-electron chi connectivity index (χ1n) is 7.44.